The number of nitrogen functional groups attached to an aromatic ring is 1. The van der Waals surface area contributed by atoms with Crippen molar-refractivity contribution in [1.29, 1.82) is 0 Å². The van der Waals surface area contributed by atoms with Gasteiger partial charge in [-0.2, -0.15) is 0 Å². The standard InChI is InChI=1S/C17H25N3.ClH/c1-2-3-4-5-6-10-13-20-16(14-19-17(20)18)15-11-8-7-9-12-15;/h7-9,11-12,14H,2-6,10,13H2,1H3,(H2,18,19);1H. The van der Waals surface area contributed by atoms with Gasteiger partial charge in [-0.05, 0) is 12.0 Å². The molecular weight excluding hydrogens is 282 g/mol. The summed E-state index contributed by atoms with van der Waals surface area (Å²) in [5.74, 6) is 0.623. The van der Waals surface area contributed by atoms with Crippen molar-refractivity contribution in [1.82, 2.24) is 9.55 Å². The normalized spacial score (nSPS) is 10.3. The Morgan fingerprint density at radius 1 is 1.00 bits per heavy atom. The summed E-state index contributed by atoms with van der Waals surface area (Å²) in [5, 5.41) is 0. The van der Waals surface area contributed by atoms with Crippen molar-refractivity contribution in [3.63, 3.8) is 0 Å². The van der Waals surface area contributed by atoms with E-state index in [4.69, 9.17) is 5.73 Å². The molecule has 1 heterocycles. The maximum absolute atomic E-state index is 5.99. The Morgan fingerprint density at radius 2 is 1.67 bits per heavy atom. The molecule has 2 N–H and O–H groups in total. The maximum Gasteiger partial charge on any atom is 0.200 e. The van der Waals surface area contributed by atoms with Crippen molar-refractivity contribution < 1.29 is 0 Å². The van der Waals surface area contributed by atoms with Crippen LogP contribution in [0.2, 0.25) is 0 Å². The number of halogens is 1. The highest BCUT2D eigenvalue weighted by Crippen LogP contribution is 2.22. The van der Waals surface area contributed by atoms with Crippen molar-refractivity contribution in [3.05, 3.63) is 36.5 Å². The quantitative estimate of drug-likeness (QED) is 0.704. The van der Waals surface area contributed by atoms with Crippen LogP contribution in [-0.2, 0) is 6.54 Å². The number of hydrogen-bond acceptors (Lipinski definition) is 2. The molecule has 0 saturated heterocycles. The van der Waals surface area contributed by atoms with Crippen LogP contribution < -0.4 is 5.73 Å². The first kappa shape index (κ1) is 17.6. The molecule has 0 fully saturated rings. The molecule has 0 aliphatic rings. The van der Waals surface area contributed by atoms with E-state index in [2.05, 4.69) is 28.6 Å². The van der Waals surface area contributed by atoms with E-state index in [1.165, 1.54) is 44.1 Å². The second kappa shape index (κ2) is 9.46. The van der Waals surface area contributed by atoms with Gasteiger partial charge in [0.15, 0.2) is 0 Å². The molecule has 116 valence electrons. The van der Waals surface area contributed by atoms with Gasteiger partial charge < -0.3 is 10.3 Å². The smallest absolute Gasteiger partial charge is 0.200 e. The molecule has 0 bridgehead atoms. The lowest BCUT2D eigenvalue weighted by molar-refractivity contribution is 0.563. The third kappa shape index (κ3) is 5.09. The highest BCUT2D eigenvalue weighted by atomic mass is 35.5. The Kier molecular flexibility index (Phi) is 7.91. The van der Waals surface area contributed by atoms with Crippen LogP contribution in [0.15, 0.2) is 36.5 Å². The highest BCUT2D eigenvalue weighted by molar-refractivity contribution is 5.85. The average Bonchev–Trinajstić information content (AvgIpc) is 2.85. The summed E-state index contributed by atoms with van der Waals surface area (Å²) in [6.45, 7) is 3.21. The number of nitrogens with two attached hydrogens (primary N) is 1. The number of anilines is 1. The van der Waals surface area contributed by atoms with Gasteiger partial charge in [0.1, 0.15) is 0 Å². The van der Waals surface area contributed by atoms with Crippen molar-refractivity contribution >= 4 is 18.4 Å². The van der Waals surface area contributed by atoms with Gasteiger partial charge in [0, 0.05) is 6.54 Å². The van der Waals surface area contributed by atoms with Gasteiger partial charge in [-0.15, -0.1) is 12.4 Å². The van der Waals surface area contributed by atoms with Gasteiger partial charge in [-0.25, -0.2) is 4.98 Å². The number of aromatic nitrogens is 2. The SMILES string of the molecule is CCCCCCCCn1c(-c2ccccc2)cnc1N.Cl. The Balaban J connectivity index is 0.00000220. The highest BCUT2D eigenvalue weighted by Gasteiger charge is 2.08. The summed E-state index contributed by atoms with van der Waals surface area (Å²) in [6.07, 6.45) is 9.64. The van der Waals surface area contributed by atoms with Crippen LogP contribution in [0.4, 0.5) is 5.95 Å². The summed E-state index contributed by atoms with van der Waals surface area (Å²) in [7, 11) is 0. The Labute approximate surface area is 134 Å². The molecule has 1 aromatic heterocycles. The largest absolute Gasteiger partial charge is 0.369 e. The molecule has 0 unspecified atom stereocenters. The molecule has 2 aromatic rings. The van der Waals surface area contributed by atoms with Gasteiger partial charge in [0.2, 0.25) is 5.95 Å². The van der Waals surface area contributed by atoms with Gasteiger partial charge in [-0.1, -0.05) is 69.4 Å². The van der Waals surface area contributed by atoms with Crippen LogP contribution in [-0.4, -0.2) is 9.55 Å². The monoisotopic (exact) mass is 307 g/mol. The second-order valence-electron chi connectivity index (χ2n) is 5.29. The zero-order chi connectivity index (χ0) is 14.2. The zero-order valence-electron chi connectivity index (χ0n) is 12.8. The zero-order valence-corrected chi connectivity index (χ0v) is 13.6. The second-order valence-corrected chi connectivity index (χ2v) is 5.29. The number of rotatable bonds is 8. The number of unbranched alkanes of at least 4 members (excludes halogenated alkanes) is 5. The fourth-order valence-electron chi connectivity index (χ4n) is 2.51. The van der Waals surface area contributed by atoms with Gasteiger partial charge in [0.05, 0.1) is 11.9 Å². The van der Waals surface area contributed by atoms with Crippen LogP contribution >= 0.6 is 12.4 Å². The summed E-state index contributed by atoms with van der Waals surface area (Å²) in [5.41, 5.74) is 8.30. The van der Waals surface area contributed by atoms with Crippen LogP contribution in [0.5, 0.6) is 0 Å². The Bertz CT molecular complexity index is 508. The van der Waals surface area contributed by atoms with Crippen molar-refractivity contribution in [3.8, 4) is 11.3 Å². The number of nitrogens with zero attached hydrogens (tertiary/aromatic N) is 2. The van der Waals surface area contributed by atoms with Crippen molar-refractivity contribution in [2.75, 3.05) is 5.73 Å². The molecule has 0 amide bonds. The van der Waals surface area contributed by atoms with E-state index in [9.17, 15) is 0 Å². The van der Waals surface area contributed by atoms with Crippen LogP contribution in [0.25, 0.3) is 11.3 Å². The van der Waals surface area contributed by atoms with Gasteiger partial charge >= 0.3 is 0 Å². The van der Waals surface area contributed by atoms with E-state index in [0.717, 1.165) is 12.2 Å². The summed E-state index contributed by atoms with van der Waals surface area (Å²) in [6, 6.07) is 10.3. The minimum absolute atomic E-state index is 0. The summed E-state index contributed by atoms with van der Waals surface area (Å²) >= 11 is 0. The molecule has 1 aromatic carbocycles. The predicted octanol–water partition coefficient (Wildman–Crippen LogP) is 4.91. The topological polar surface area (TPSA) is 43.8 Å². The molecule has 0 radical (unpaired) electrons. The van der Waals surface area contributed by atoms with Crippen LogP contribution in [0.3, 0.4) is 0 Å². The summed E-state index contributed by atoms with van der Waals surface area (Å²) in [4.78, 5) is 4.26. The molecule has 21 heavy (non-hydrogen) atoms. The Hall–Kier alpha value is -1.48. The lowest BCUT2D eigenvalue weighted by Gasteiger charge is -2.10. The van der Waals surface area contributed by atoms with E-state index < -0.39 is 0 Å². The minimum atomic E-state index is 0. The summed E-state index contributed by atoms with van der Waals surface area (Å²) < 4.78 is 2.13. The first-order chi connectivity index (χ1) is 9.83. The van der Waals surface area contributed by atoms with E-state index >= 15 is 0 Å². The first-order valence-corrected chi connectivity index (χ1v) is 7.69. The van der Waals surface area contributed by atoms with E-state index in [-0.39, 0.29) is 12.4 Å². The number of hydrogen-bond donors (Lipinski definition) is 1. The van der Waals surface area contributed by atoms with Gasteiger partial charge in [0.25, 0.3) is 0 Å². The third-order valence-corrected chi connectivity index (χ3v) is 3.69. The van der Waals surface area contributed by atoms with Crippen molar-refractivity contribution in [2.45, 2.75) is 52.0 Å². The van der Waals surface area contributed by atoms with Gasteiger partial charge in [-0.3, -0.25) is 0 Å². The molecule has 4 heteroatoms. The molecule has 2 rings (SSSR count). The lowest BCUT2D eigenvalue weighted by atomic mass is 10.1. The van der Waals surface area contributed by atoms with E-state index in [1.807, 2.05) is 24.4 Å². The van der Waals surface area contributed by atoms with Crippen LogP contribution in [0.1, 0.15) is 45.4 Å². The van der Waals surface area contributed by atoms with E-state index in [1.54, 1.807) is 0 Å². The predicted molar refractivity (Wildman–Crippen MR) is 92.7 cm³/mol. The first-order valence-electron chi connectivity index (χ1n) is 7.69. The molecule has 0 spiro atoms. The third-order valence-electron chi connectivity index (χ3n) is 3.69. The van der Waals surface area contributed by atoms with E-state index in [0.29, 0.717) is 5.95 Å². The fourth-order valence-corrected chi connectivity index (χ4v) is 2.51. The molecular formula is C17H26ClN3. The molecule has 3 nitrogen and oxygen atoms in total. The van der Waals surface area contributed by atoms with Crippen molar-refractivity contribution in [2.24, 2.45) is 0 Å². The number of imidazole rings is 1. The molecule has 0 aliphatic heterocycles. The Morgan fingerprint density at radius 3 is 2.38 bits per heavy atom. The average molecular weight is 308 g/mol. The fraction of sp³-hybridized carbons (Fsp3) is 0.471. The molecule has 0 saturated carbocycles. The maximum atomic E-state index is 5.99. The molecule has 0 aliphatic carbocycles. The molecule has 0 atom stereocenters. The number of benzene rings is 1. The van der Waals surface area contributed by atoms with Crippen LogP contribution in [0, 0.1) is 0 Å². The minimum Gasteiger partial charge on any atom is -0.369 e. The lowest BCUT2D eigenvalue weighted by Crippen LogP contribution is -2.05.